The summed E-state index contributed by atoms with van der Waals surface area (Å²) < 4.78 is 7.60. The first kappa shape index (κ1) is 19.2. The number of carbonyl (C=O) groups excluding carboxylic acids is 1. The van der Waals surface area contributed by atoms with E-state index in [1.165, 1.54) is 6.33 Å². The maximum atomic E-state index is 12.9. The van der Waals surface area contributed by atoms with Crippen molar-refractivity contribution in [2.24, 2.45) is 0 Å². The van der Waals surface area contributed by atoms with E-state index in [2.05, 4.69) is 25.8 Å². The lowest BCUT2D eigenvalue weighted by Crippen LogP contribution is -2.40. The number of urea groups is 1. The van der Waals surface area contributed by atoms with Crippen LogP contribution in [0, 0.1) is 13.8 Å². The Labute approximate surface area is 179 Å². The number of aromatic nitrogens is 5. The van der Waals surface area contributed by atoms with Gasteiger partial charge in [0.25, 0.3) is 0 Å². The van der Waals surface area contributed by atoms with Crippen LogP contribution in [-0.2, 0) is 0 Å². The maximum Gasteiger partial charge on any atom is 0.321 e. The van der Waals surface area contributed by atoms with E-state index in [1.54, 1.807) is 4.68 Å². The third-order valence-electron chi connectivity index (χ3n) is 5.84. The summed E-state index contributed by atoms with van der Waals surface area (Å²) in [5.41, 5.74) is 5.35. The van der Waals surface area contributed by atoms with Crippen molar-refractivity contribution in [2.75, 3.05) is 18.4 Å². The highest BCUT2D eigenvalue weighted by Gasteiger charge is 2.27. The molecule has 9 heteroatoms. The van der Waals surface area contributed by atoms with Gasteiger partial charge in [0.05, 0.1) is 5.69 Å². The number of carbonyl (C=O) groups is 1. The molecule has 0 atom stereocenters. The summed E-state index contributed by atoms with van der Waals surface area (Å²) >= 11 is 0. The molecule has 31 heavy (non-hydrogen) atoms. The van der Waals surface area contributed by atoms with Gasteiger partial charge in [0.2, 0.25) is 0 Å². The van der Waals surface area contributed by atoms with Gasteiger partial charge in [-0.15, -0.1) is 5.10 Å². The molecular weight excluding hydrogens is 394 g/mol. The number of piperidine rings is 1. The van der Waals surface area contributed by atoms with Crippen molar-refractivity contribution in [3.8, 4) is 5.69 Å². The Morgan fingerprint density at radius 2 is 1.97 bits per heavy atom. The molecule has 0 bridgehead atoms. The smallest absolute Gasteiger partial charge is 0.321 e. The lowest BCUT2D eigenvalue weighted by Gasteiger charge is -2.30. The second-order valence-corrected chi connectivity index (χ2v) is 7.92. The maximum absolute atomic E-state index is 12.9. The molecular formula is C22H23N7O2. The molecule has 0 aliphatic carbocycles. The van der Waals surface area contributed by atoms with Crippen molar-refractivity contribution >= 4 is 22.8 Å². The molecule has 3 heterocycles. The molecule has 0 radical (unpaired) electrons. The Morgan fingerprint density at radius 1 is 1.13 bits per heavy atom. The number of rotatable bonds is 3. The predicted molar refractivity (Wildman–Crippen MR) is 115 cm³/mol. The van der Waals surface area contributed by atoms with Crippen LogP contribution >= 0.6 is 0 Å². The molecule has 0 spiro atoms. The first-order chi connectivity index (χ1) is 15.1. The van der Waals surface area contributed by atoms with E-state index in [0.29, 0.717) is 13.1 Å². The summed E-state index contributed by atoms with van der Waals surface area (Å²) in [6.45, 7) is 5.29. The lowest BCUT2D eigenvalue weighted by atomic mass is 9.97. The van der Waals surface area contributed by atoms with Crippen molar-refractivity contribution in [3.05, 3.63) is 59.7 Å². The Bertz CT molecular complexity index is 1220. The first-order valence-electron chi connectivity index (χ1n) is 10.3. The van der Waals surface area contributed by atoms with Gasteiger partial charge in [-0.05, 0) is 66.4 Å². The molecule has 4 aromatic rings. The number of nitrogens with one attached hydrogen (secondary N) is 1. The van der Waals surface area contributed by atoms with Crippen molar-refractivity contribution in [1.82, 2.24) is 30.1 Å². The predicted octanol–water partition coefficient (Wildman–Crippen LogP) is 3.83. The Kier molecular flexibility index (Phi) is 4.85. The van der Waals surface area contributed by atoms with Gasteiger partial charge in [0, 0.05) is 24.7 Å². The number of hydrogen-bond donors (Lipinski definition) is 1. The topological polar surface area (TPSA) is 102 Å². The third kappa shape index (κ3) is 3.74. The van der Waals surface area contributed by atoms with Gasteiger partial charge >= 0.3 is 6.03 Å². The summed E-state index contributed by atoms with van der Waals surface area (Å²) in [5, 5.41) is 14.3. The molecule has 0 unspecified atom stereocenters. The summed E-state index contributed by atoms with van der Waals surface area (Å²) in [4.78, 5) is 19.4. The SMILES string of the molecule is Cc1ccc(-n2cnnn2)cc1NC(=O)N1CCC(c2nc3cccc(C)c3o2)CC1. The number of para-hydroxylation sites is 1. The number of tetrazole rings is 1. The quantitative estimate of drug-likeness (QED) is 0.543. The molecule has 9 nitrogen and oxygen atoms in total. The van der Waals surface area contributed by atoms with Crippen molar-refractivity contribution in [2.45, 2.75) is 32.6 Å². The number of anilines is 1. The zero-order valence-corrected chi connectivity index (χ0v) is 17.4. The van der Waals surface area contributed by atoms with Crippen LogP contribution < -0.4 is 5.32 Å². The average molecular weight is 417 g/mol. The molecule has 1 N–H and O–H groups in total. The number of fused-ring (bicyclic) bond motifs is 1. The van der Waals surface area contributed by atoms with Gasteiger partial charge in [0.15, 0.2) is 11.5 Å². The zero-order chi connectivity index (χ0) is 21.4. The minimum absolute atomic E-state index is 0.108. The number of hydrogen-bond acceptors (Lipinski definition) is 6. The summed E-state index contributed by atoms with van der Waals surface area (Å²) in [5.74, 6) is 0.995. The molecule has 1 aliphatic heterocycles. The van der Waals surface area contributed by atoms with Crippen LogP contribution in [-0.4, -0.2) is 49.2 Å². The van der Waals surface area contributed by atoms with Crippen LogP contribution in [0.1, 0.15) is 35.8 Å². The minimum Gasteiger partial charge on any atom is -0.440 e. The molecule has 2 aromatic heterocycles. The monoisotopic (exact) mass is 417 g/mol. The van der Waals surface area contributed by atoms with Crippen molar-refractivity contribution in [1.29, 1.82) is 0 Å². The number of nitrogens with zero attached hydrogens (tertiary/aromatic N) is 6. The average Bonchev–Trinajstić information content (AvgIpc) is 3.46. The Hall–Kier alpha value is -3.75. The summed E-state index contributed by atoms with van der Waals surface area (Å²) in [6.07, 6.45) is 3.17. The van der Waals surface area contributed by atoms with E-state index in [1.807, 2.05) is 55.1 Å². The van der Waals surface area contributed by atoms with Gasteiger partial charge < -0.3 is 14.6 Å². The molecule has 1 fully saturated rings. The standard InChI is InChI=1S/C22H23N7O2/c1-14-6-7-17(29-13-23-26-27-29)12-19(14)25-22(30)28-10-8-16(9-11-28)21-24-18-5-3-4-15(2)20(18)31-21/h3-7,12-13,16H,8-11H2,1-2H3,(H,25,30). The van der Waals surface area contributed by atoms with Gasteiger partial charge in [-0.3, -0.25) is 0 Å². The van der Waals surface area contributed by atoms with Crippen LogP contribution in [0.3, 0.4) is 0 Å². The van der Waals surface area contributed by atoms with E-state index in [9.17, 15) is 4.79 Å². The second-order valence-electron chi connectivity index (χ2n) is 7.92. The summed E-state index contributed by atoms with van der Waals surface area (Å²) in [7, 11) is 0. The largest absolute Gasteiger partial charge is 0.440 e. The number of amides is 2. The minimum atomic E-state index is -0.108. The highest BCUT2D eigenvalue weighted by Crippen LogP contribution is 2.31. The fraction of sp³-hybridized carbons (Fsp3) is 0.318. The van der Waals surface area contributed by atoms with E-state index < -0.39 is 0 Å². The Morgan fingerprint density at radius 3 is 2.71 bits per heavy atom. The molecule has 1 aliphatic rings. The number of aryl methyl sites for hydroxylation is 2. The number of benzene rings is 2. The van der Waals surface area contributed by atoms with Gasteiger partial charge in [-0.2, -0.15) is 0 Å². The molecule has 2 amide bonds. The highest BCUT2D eigenvalue weighted by atomic mass is 16.3. The van der Waals surface area contributed by atoms with E-state index >= 15 is 0 Å². The molecule has 5 rings (SSSR count). The van der Waals surface area contributed by atoms with Crippen LogP contribution in [0.15, 0.2) is 47.1 Å². The second kappa shape index (κ2) is 7.82. The normalized spacial score (nSPS) is 14.8. The molecule has 2 aromatic carbocycles. The third-order valence-corrected chi connectivity index (χ3v) is 5.84. The van der Waals surface area contributed by atoms with Crippen LogP contribution in [0.5, 0.6) is 0 Å². The lowest BCUT2D eigenvalue weighted by molar-refractivity contribution is 0.190. The first-order valence-corrected chi connectivity index (χ1v) is 10.3. The van der Waals surface area contributed by atoms with Gasteiger partial charge in [0.1, 0.15) is 11.8 Å². The van der Waals surface area contributed by atoms with Crippen molar-refractivity contribution in [3.63, 3.8) is 0 Å². The number of likely N-dealkylation sites (tertiary alicyclic amines) is 1. The van der Waals surface area contributed by atoms with Crippen molar-refractivity contribution < 1.29 is 9.21 Å². The number of oxazole rings is 1. The Balaban J connectivity index is 1.25. The van der Waals surface area contributed by atoms with Crippen LogP contribution in [0.4, 0.5) is 10.5 Å². The van der Waals surface area contributed by atoms with Crippen LogP contribution in [0.25, 0.3) is 16.8 Å². The van der Waals surface area contributed by atoms with E-state index in [0.717, 1.165) is 52.3 Å². The fourth-order valence-electron chi connectivity index (χ4n) is 3.97. The van der Waals surface area contributed by atoms with E-state index in [4.69, 9.17) is 4.42 Å². The molecule has 0 saturated carbocycles. The fourth-order valence-corrected chi connectivity index (χ4v) is 3.97. The molecule has 158 valence electrons. The highest BCUT2D eigenvalue weighted by molar-refractivity contribution is 5.90. The van der Waals surface area contributed by atoms with Gasteiger partial charge in [-0.1, -0.05) is 18.2 Å². The molecule has 1 saturated heterocycles. The van der Waals surface area contributed by atoms with E-state index in [-0.39, 0.29) is 11.9 Å². The zero-order valence-electron chi connectivity index (χ0n) is 17.4. The van der Waals surface area contributed by atoms with Gasteiger partial charge in [-0.25, -0.2) is 14.5 Å². The summed E-state index contributed by atoms with van der Waals surface area (Å²) in [6, 6.07) is 11.6. The van der Waals surface area contributed by atoms with Crippen LogP contribution in [0.2, 0.25) is 0 Å².